The van der Waals surface area contributed by atoms with Crippen LogP contribution in [0.3, 0.4) is 0 Å². The third-order valence-corrected chi connectivity index (χ3v) is 7.38. The van der Waals surface area contributed by atoms with Crippen LogP contribution in [0.2, 0.25) is 0 Å². The molecule has 0 aromatic carbocycles. The highest BCUT2D eigenvalue weighted by Gasteiger charge is 2.66. The van der Waals surface area contributed by atoms with Crippen LogP contribution in [0.4, 0.5) is 5.13 Å². The van der Waals surface area contributed by atoms with Crippen LogP contribution in [-0.2, 0) is 4.74 Å². The van der Waals surface area contributed by atoms with E-state index in [1.165, 1.54) is 19.3 Å². The molecule has 2 saturated carbocycles. The van der Waals surface area contributed by atoms with Crippen LogP contribution in [0.25, 0.3) is 0 Å². The Bertz CT molecular complexity index is 627. The fourth-order valence-electron chi connectivity index (χ4n) is 5.11. The molecule has 8 heteroatoms. The summed E-state index contributed by atoms with van der Waals surface area (Å²) in [6.07, 6.45) is 7.36. The summed E-state index contributed by atoms with van der Waals surface area (Å²) in [6, 6.07) is 0.399. The number of thiazole rings is 1. The minimum absolute atomic E-state index is 0. The molecule has 4 fully saturated rings. The normalized spacial score (nSPS) is 33.4. The number of nitrogens with zero attached hydrogens (tertiary/aromatic N) is 4. The Morgan fingerprint density at radius 2 is 2.12 bits per heavy atom. The lowest BCUT2D eigenvalue weighted by Crippen LogP contribution is -2.66. The van der Waals surface area contributed by atoms with Crippen LogP contribution < -0.4 is 10.6 Å². The standard InChI is InChI=1S/C17H25N5OS.HI/c18-15(21-6-8-22(9-7-21)16-19-5-11-24-16)20-13-12-2-10-23-14(12)17(13)3-1-4-17;/h5,11-14H,1-4,6-10H2,(H2,18,20);1H. The van der Waals surface area contributed by atoms with Crippen molar-refractivity contribution in [3.8, 4) is 0 Å². The van der Waals surface area contributed by atoms with Crippen molar-refractivity contribution in [1.29, 1.82) is 0 Å². The number of hydrogen-bond donors (Lipinski definition) is 1. The minimum atomic E-state index is 0. The van der Waals surface area contributed by atoms with Gasteiger partial charge in [0.25, 0.3) is 0 Å². The Morgan fingerprint density at radius 3 is 2.76 bits per heavy atom. The van der Waals surface area contributed by atoms with Crippen molar-refractivity contribution < 1.29 is 4.74 Å². The van der Waals surface area contributed by atoms with Crippen LogP contribution in [0.5, 0.6) is 0 Å². The first-order valence-electron chi connectivity index (χ1n) is 9.12. The number of rotatable bonds is 2. The van der Waals surface area contributed by atoms with E-state index in [2.05, 4.69) is 14.8 Å². The van der Waals surface area contributed by atoms with Gasteiger partial charge in [0.05, 0.1) is 12.1 Å². The van der Waals surface area contributed by atoms with E-state index in [4.69, 9.17) is 15.5 Å². The molecule has 2 aliphatic carbocycles. The van der Waals surface area contributed by atoms with Crippen LogP contribution in [0.15, 0.2) is 16.6 Å². The van der Waals surface area contributed by atoms with Gasteiger partial charge < -0.3 is 20.3 Å². The van der Waals surface area contributed by atoms with Gasteiger partial charge in [-0.3, -0.25) is 0 Å². The van der Waals surface area contributed by atoms with Crippen molar-refractivity contribution in [2.75, 3.05) is 37.7 Å². The molecule has 3 atom stereocenters. The minimum Gasteiger partial charge on any atom is -0.377 e. The fourth-order valence-corrected chi connectivity index (χ4v) is 5.81. The van der Waals surface area contributed by atoms with Crippen molar-refractivity contribution in [2.24, 2.45) is 22.1 Å². The third-order valence-electron chi connectivity index (χ3n) is 6.55. The zero-order valence-corrected chi connectivity index (χ0v) is 17.5. The molecule has 1 spiro atoms. The molecule has 6 nitrogen and oxygen atoms in total. The molecule has 3 unspecified atom stereocenters. The number of piperazine rings is 1. The summed E-state index contributed by atoms with van der Waals surface area (Å²) in [6.45, 7) is 4.71. The summed E-state index contributed by atoms with van der Waals surface area (Å²) in [5.41, 5.74) is 6.74. The van der Waals surface area contributed by atoms with Crippen molar-refractivity contribution in [2.45, 2.75) is 37.8 Å². The number of hydrogen-bond acceptors (Lipinski definition) is 5. The van der Waals surface area contributed by atoms with Gasteiger partial charge in [-0.05, 0) is 19.3 Å². The highest BCUT2D eigenvalue weighted by atomic mass is 127. The lowest BCUT2D eigenvalue weighted by Gasteiger charge is -2.61. The second kappa shape index (κ2) is 6.84. The molecule has 1 aromatic rings. The number of anilines is 1. The van der Waals surface area contributed by atoms with E-state index in [0.29, 0.717) is 23.5 Å². The maximum absolute atomic E-state index is 6.41. The second-order valence-electron chi connectivity index (χ2n) is 7.55. The fraction of sp³-hybridized carbons (Fsp3) is 0.765. The summed E-state index contributed by atoms with van der Waals surface area (Å²) in [4.78, 5) is 14.0. The van der Waals surface area contributed by atoms with Gasteiger partial charge in [0.1, 0.15) is 0 Å². The van der Waals surface area contributed by atoms with Gasteiger partial charge in [-0.1, -0.05) is 6.42 Å². The Labute approximate surface area is 169 Å². The molecule has 0 amide bonds. The molecule has 5 rings (SSSR count). The Balaban J connectivity index is 0.00000157. The molecule has 4 aliphatic rings. The SMILES string of the molecule is I.NC(=NC1C2CCOC2C12CCC2)N1CCN(c2nccs2)CC1. The van der Waals surface area contributed by atoms with E-state index in [1.54, 1.807) is 11.3 Å². The van der Waals surface area contributed by atoms with E-state index >= 15 is 0 Å². The van der Waals surface area contributed by atoms with E-state index in [0.717, 1.165) is 50.3 Å². The van der Waals surface area contributed by atoms with Crippen molar-refractivity contribution in [1.82, 2.24) is 9.88 Å². The van der Waals surface area contributed by atoms with Crippen LogP contribution in [0, 0.1) is 11.3 Å². The lowest BCUT2D eigenvalue weighted by atomic mass is 9.46. The number of ether oxygens (including phenoxy) is 1. The average Bonchev–Trinajstić information content (AvgIpc) is 3.22. The Kier molecular flexibility index (Phi) is 4.87. The van der Waals surface area contributed by atoms with Crippen LogP contribution in [-0.4, -0.2) is 60.8 Å². The highest BCUT2D eigenvalue weighted by molar-refractivity contribution is 14.0. The number of halogens is 1. The number of aliphatic imine (C=N–C) groups is 1. The number of nitrogens with two attached hydrogens (primary N) is 1. The predicted octanol–water partition coefficient (Wildman–Crippen LogP) is 2.16. The maximum Gasteiger partial charge on any atom is 0.191 e. The zero-order chi connectivity index (χ0) is 16.1. The third kappa shape index (κ3) is 2.75. The summed E-state index contributed by atoms with van der Waals surface area (Å²) >= 11 is 1.70. The van der Waals surface area contributed by atoms with Crippen molar-refractivity contribution in [3.63, 3.8) is 0 Å². The molecule has 2 saturated heterocycles. The van der Waals surface area contributed by atoms with Crippen molar-refractivity contribution >= 4 is 46.4 Å². The van der Waals surface area contributed by atoms with Gasteiger partial charge in [-0.15, -0.1) is 35.3 Å². The number of fused-ring (bicyclic) bond motifs is 2. The van der Waals surface area contributed by atoms with Gasteiger partial charge in [0.2, 0.25) is 0 Å². The van der Waals surface area contributed by atoms with Gasteiger partial charge in [-0.25, -0.2) is 9.98 Å². The molecule has 138 valence electrons. The molecule has 2 N–H and O–H groups in total. The van der Waals surface area contributed by atoms with E-state index in [1.807, 2.05) is 11.6 Å². The Hall–Kier alpha value is -0.610. The van der Waals surface area contributed by atoms with Gasteiger partial charge in [0.15, 0.2) is 11.1 Å². The second-order valence-corrected chi connectivity index (χ2v) is 8.42. The molecular formula is C17H26IN5OS. The summed E-state index contributed by atoms with van der Waals surface area (Å²) < 4.78 is 5.99. The first kappa shape index (κ1) is 17.8. The van der Waals surface area contributed by atoms with Gasteiger partial charge in [0, 0.05) is 55.7 Å². The topological polar surface area (TPSA) is 67.0 Å². The number of guanidine groups is 1. The zero-order valence-electron chi connectivity index (χ0n) is 14.3. The smallest absolute Gasteiger partial charge is 0.191 e. The molecule has 0 radical (unpaired) electrons. The summed E-state index contributed by atoms with van der Waals surface area (Å²) in [7, 11) is 0. The molecule has 0 bridgehead atoms. The quantitative estimate of drug-likeness (QED) is 0.404. The summed E-state index contributed by atoms with van der Waals surface area (Å²) in [5.74, 6) is 1.36. The van der Waals surface area contributed by atoms with E-state index in [-0.39, 0.29) is 24.0 Å². The molecule has 25 heavy (non-hydrogen) atoms. The maximum atomic E-state index is 6.41. The van der Waals surface area contributed by atoms with Crippen LogP contribution >= 0.6 is 35.3 Å². The van der Waals surface area contributed by atoms with Gasteiger partial charge in [-0.2, -0.15) is 0 Å². The Morgan fingerprint density at radius 1 is 1.32 bits per heavy atom. The highest BCUT2D eigenvalue weighted by Crippen LogP contribution is 2.64. The van der Waals surface area contributed by atoms with Crippen LogP contribution in [0.1, 0.15) is 25.7 Å². The lowest BCUT2D eigenvalue weighted by molar-refractivity contribution is -0.164. The number of aromatic nitrogens is 1. The first-order valence-corrected chi connectivity index (χ1v) is 10.0. The predicted molar refractivity (Wildman–Crippen MR) is 111 cm³/mol. The van der Waals surface area contributed by atoms with Crippen molar-refractivity contribution in [3.05, 3.63) is 11.6 Å². The molecule has 2 aliphatic heterocycles. The monoisotopic (exact) mass is 475 g/mol. The van der Waals surface area contributed by atoms with E-state index in [9.17, 15) is 0 Å². The first-order chi connectivity index (χ1) is 11.8. The average molecular weight is 475 g/mol. The molecular weight excluding hydrogens is 449 g/mol. The molecule has 3 heterocycles. The largest absolute Gasteiger partial charge is 0.377 e. The summed E-state index contributed by atoms with van der Waals surface area (Å²) in [5, 5.41) is 3.15. The van der Waals surface area contributed by atoms with E-state index < -0.39 is 0 Å². The van der Waals surface area contributed by atoms with Gasteiger partial charge >= 0.3 is 0 Å². The molecule has 1 aromatic heterocycles.